The quantitative estimate of drug-likeness (QED) is 0.822. The van der Waals surface area contributed by atoms with E-state index in [1.165, 1.54) is 69.2 Å². The van der Waals surface area contributed by atoms with E-state index >= 15 is 0 Å². The van der Waals surface area contributed by atoms with Crippen molar-refractivity contribution in [2.75, 3.05) is 19.9 Å². The van der Waals surface area contributed by atoms with Crippen molar-refractivity contribution >= 4 is 12.4 Å². The summed E-state index contributed by atoms with van der Waals surface area (Å²) in [5, 5.41) is 0. The third kappa shape index (κ3) is 2.59. The van der Waals surface area contributed by atoms with Crippen LogP contribution in [0.1, 0.15) is 50.2 Å². The zero-order valence-electron chi connectivity index (χ0n) is 13.4. The van der Waals surface area contributed by atoms with Gasteiger partial charge < -0.3 is 9.47 Å². The molecular weight excluding hydrogens is 298 g/mol. The fourth-order valence-electron chi connectivity index (χ4n) is 4.49. The van der Waals surface area contributed by atoms with E-state index in [0.717, 1.165) is 11.5 Å². The van der Waals surface area contributed by atoms with E-state index in [1.807, 2.05) is 0 Å². The molecule has 4 rings (SSSR count). The normalized spacial score (nSPS) is 26.6. The lowest BCUT2D eigenvalue weighted by Gasteiger charge is -2.50. The summed E-state index contributed by atoms with van der Waals surface area (Å²) in [5.41, 5.74) is 3.38. The molecule has 1 atom stereocenters. The van der Waals surface area contributed by atoms with E-state index in [9.17, 15) is 0 Å². The van der Waals surface area contributed by atoms with Crippen LogP contribution in [0.5, 0.6) is 11.5 Å². The molecule has 1 spiro atoms. The van der Waals surface area contributed by atoms with E-state index in [1.54, 1.807) is 0 Å². The van der Waals surface area contributed by atoms with Crippen LogP contribution < -0.4 is 9.47 Å². The van der Waals surface area contributed by atoms with Crippen LogP contribution in [-0.4, -0.2) is 30.3 Å². The van der Waals surface area contributed by atoms with Gasteiger partial charge in [0.15, 0.2) is 11.5 Å². The molecule has 1 aromatic rings. The highest BCUT2D eigenvalue weighted by Gasteiger charge is 2.41. The number of fused-ring (bicyclic) bond motifs is 2. The maximum absolute atomic E-state index is 5.58. The molecule has 0 saturated carbocycles. The maximum atomic E-state index is 5.58. The second kappa shape index (κ2) is 6.29. The average Bonchev–Trinajstić information content (AvgIpc) is 2.95. The summed E-state index contributed by atoms with van der Waals surface area (Å²) >= 11 is 0. The maximum Gasteiger partial charge on any atom is 0.231 e. The van der Waals surface area contributed by atoms with Crippen molar-refractivity contribution in [2.24, 2.45) is 0 Å². The third-order valence-electron chi connectivity index (χ3n) is 5.56. The summed E-state index contributed by atoms with van der Waals surface area (Å²) in [6.07, 6.45) is 9.07. The molecule has 1 saturated heterocycles. The summed E-state index contributed by atoms with van der Waals surface area (Å²) in [5.74, 6) is 1.89. The van der Waals surface area contributed by atoms with Crippen molar-refractivity contribution in [3.8, 4) is 11.5 Å². The monoisotopic (exact) mass is 323 g/mol. The van der Waals surface area contributed by atoms with Gasteiger partial charge in [-0.3, -0.25) is 4.90 Å². The average molecular weight is 324 g/mol. The van der Waals surface area contributed by atoms with E-state index in [0.29, 0.717) is 12.3 Å². The molecule has 0 N–H and O–H groups in total. The number of halogens is 1. The fraction of sp³-hybridized carbons (Fsp3) is 0.667. The number of benzene rings is 1. The van der Waals surface area contributed by atoms with Crippen molar-refractivity contribution in [2.45, 2.75) is 57.4 Å². The molecule has 2 aliphatic heterocycles. The van der Waals surface area contributed by atoms with Gasteiger partial charge in [-0.1, -0.05) is 13.3 Å². The largest absolute Gasteiger partial charge is 0.454 e. The molecule has 3 aliphatic rings. The minimum Gasteiger partial charge on any atom is -0.454 e. The highest BCUT2D eigenvalue weighted by atomic mass is 35.5. The van der Waals surface area contributed by atoms with Crippen molar-refractivity contribution in [3.05, 3.63) is 23.3 Å². The zero-order chi connectivity index (χ0) is 14.3. The Balaban J connectivity index is 0.00000144. The van der Waals surface area contributed by atoms with Gasteiger partial charge in [0.2, 0.25) is 6.79 Å². The number of likely N-dealkylation sites (tertiary alicyclic amines) is 1. The lowest BCUT2D eigenvalue weighted by Crippen LogP contribution is -2.55. The van der Waals surface area contributed by atoms with E-state index in [2.05, 4.69) is 24.0 Å². The van der Waals surface area contributed by atoms with Crippen LogP contribution in [-0.2, 0) is 12.8 Å². The Morgan fingerprint density at radius 3 is 2.64 bits per heavy atom. The SMILES string of the molecule is CCCN1CCCCC12CCc1cc3c(cc1C2)OCO3.Cl. The first-order valence-corrected chi connectivity index (χ1v) is 8.47. The van der Waals surface area contributed by atoms with Crippen molar-refractivity contribution in [1.82, 2.24) is 4.90 Å². The lowest BCUT2D eigenvalue weighted by atomic mass is 9.72. The molecule has 0 amide bonds. The standard InChI is InChI=1S/C18H25NO2.ClH/c1-2-8-19-9-4-3-6-18(19)7-5-14-10-16-17(21-13-20-16)11-15(14)12-18;/h10-11H,2-9,12-13H2,1H3;1H. The molecule has 0 radical (unpaired) electrons. The summed E-state index contributed by atoms with van der Waals surface area (Å²) in [6.45, 7) is 5.22. The fourth-order valence-corrected chi connectivity index (χ4v) is 4.49. The molecule has 0 aromatic heterocycles. The Kier molecular flexibility index (Phi) is 4.56. The second-order valence-electron chi connectivity index (χ2n) is 6.82. The van der Waals surface area contributed by atoms with Gasteiger partial charge in [-0.25, -0.2) is 0 Å². The molecular formula is C18H26ClNO2. The summed E-state index contributed by atoms with van der Waals surface area (Å²) in [6, 6.07) is 4.47. The van der Waals surface area contributed by atoms with Crippen molar-refractivity contribution < 1.29 is 9.47 Å². The highest BCUT2D eigenvalue weighted by Crippen LogP contribution is 2.44. The molecule has 4 heteroatoms. The molecule has 1 fully saturated rings. The zero-order valence-corrected chi connectivity index (χ0v) is 14.2. The van der Waals surface area contributed by atoms with Gasteiger partial charge in [0.25, 0.3) is 0 Å². The van der Waals surface area contributed by atoms with E-state index < -0.39 is 0 Å². The van der Waals surface area contributed by atoms with Crippen molar-refractivity contribution in [3.63, 3.8) is 0 Å². The van der Waals surface area contributed by atoms with Crippen LogP contribution in [0.2, 0.25) is 0 Å². The molecule has 22 heavy (non-hydrogen) atoms. The van der Waals surface area contributed by atoms with Gasteiger partial charge in [0.1, 0.15) is 0 Å². The van der Waals surface area contributed by atoms with Crippen LogP contribution in [0.4, 0.5) is 0 Å². The summed E-state index contributed by atoms with van der Waals surface area (Å²) in [4.78, 5) is 2.78. The van der Waals surface area contributed by atoms with Crippen LogP contribution in [0.15, 0.2) is 12.1 Å². The van der Waals surface area contributed by atoms with Crippen LogP contribution >= 0.6 is 12.4 Å². The van der Waals surface area contributed by atoms with Crippen LogP contribution in [0, 0.1) is 0 Å². The highest BCUT2D eigenvalue weighted by molar-refractivity contribution is 5.85. The summed E-state index contributed by atoms with van der Waals surface area (Å²) < 4.78 is 11.1. The molecule has 1 aromatic carbocycles. The number of rotatable bonds is 2. The molecule has 1 aliphatic carbocycles. The van der Waals surface area contributed by atoms with Gasteiger partial charge >= 0.3 is 0 Å². The smallest absolute Gasteiger partial charge is 0.231 e. The molecule has 1 unspecified atom stereocenters. The third-order valence-corrected chi connectivity index (χ3v) is 5.56. The Morgan fingerprint density at radius 2 is 1.86 bits per heavy atom. The van der Waals surface area contributed by atoms with Crippen LogP contribution in [0.25, 0.3) is 0 Å². The van der Waals surface area contributed by atoms with Gasteiger partial charge in [-0.2, -0.15) is 0 Å². The minimum absolute atomic E-state index is 0. The molecule has 122 valence electrons. The number of nitrogens with zero attached hydrogens (tertiary/aromatic N) is 1. The van der Waals surface area contributed by atoms with Crippen LogP contribution in [0.3, 0.4) is 0 Å². The Hall–Kier alpha value is -0.930. The number of hydrogen-bond donors (Lipinski definition) is 0. The second-order valence-corrected chi connectivity index (χ2v) is 6.82. The topological polar surface area (TPSA) is 21.7 Å². The van der Waals surface area contributed by atoms with Gasteiger partial charge in [0, 0.05) is 5.54 Å². The van der Waals surface area contributed by atoms with Gasteiger partial charge in [-0.15, -0.1) is 12.4 Å². The number of piperidine rings is 1. The number of ether oxygens (including phenoxy) is 2. The lowest BCUT2D eigenvalue weighted by molar-refractivity contribution is 0.0340. The predicted molar refractivity (Wildman–Crippen MR) is 90.3 cm³/mol. The number of aryl methyl sites for hydroxylation is 1. The molecule has 0 bridgehead atoms. The number of hydrogen-bond acceptors (Lipinski definition) is 3. The Labute approximate surface area is 139 Å². The first-order chi connectivity index (χ1) is 10.3. The van der Waals surface area contributed by atoms with Gasteiger partial charge in [0.05, 0.1) is 0 Å². The first kappa shape index (κ1) is 15.9. The predicted octanol–water partition coefficient (Wildman–Crippen LogP) is 3.96. The minimum atomic E-state index is 0. The molecule has 3 nitrogen and oxygen atoms in total. The van der Waals surface area contributed by atoms with E-state index in [-0.39, 0.29) is 12.4 Å². The first-order valence-electron chi connectivity index (χ1n) is 8.47. The van der Waals surface area contributed by atoms with Crippen molar-refractivity contribution in [1.29, 1.82) is 0 Å². The summed E-state index contributed by atoms with van der Waals surface area (Å²) in [7, 11) is 0. The molecule has 2 heterocycles. The Morgan fingerprint density at radius 1 is 1.09 bits per heavy atom. The van der Waals surface area contributed by atoms with E-state index in [4.69, 9.17) is 9.47 Å². The van der Waals surface area contributed by atoms with Gasteiger partial charge in [-0.05, 0) is 74.9 Å². The Bertz CT molecular complexity index is 546.